The number of hydrogen-bond donors (Lipinski definition) is 1. The van der Waals surface area contributed by atoms with Crippen LogP contribution < -0.4 is 10.1 Å². The number of ether oxygens (including phenoxy) is 1. The van der Waals surface area contributed by atoms with Crippen molar-refractivity contribution in [1.29, 1.82) is 0 Å². The maximum Gasteiger partial charge on any atom is 0.216 e. The topological polar surface area (TPSA) is 39.1 Å². The Kier molecular flexibility index (Phi) is 4.60. The molecular weight excluding hydrogens is 342 g/mol. The fourth-order valence-electron chi connectivity index (χ4n) is 2.11. The van der Waals surface area contributed by atoms with E-state index >= 15 is 0 Å². The SMILES string of the molecule is COc1c(CNc2cc(Cl)c(C)cc2Br)c(C)nn1C. The zero-order chi connectivity index (χ0) is 14.9. The average molecular weight is 359 g/mol. The number of methoxy groups -OCH3 is 1. The molecule has 2 aromatic rings. The van der Waals surface area contributed by atoms with Crippen LogP contribution in [0.1, 0.15) is 16.8 Å². The summed E-state index contributed by atoms with van der Waals surface area (Å²) in [4.78, 5) is 0. The normalized spacial score (nSPS) is 10.7. The van der Waals surface area contributed by atoms with Gasteiger partial charge in [0, 0.05) is 23.1 Å². The van der Waals surface area contributed by atoms with E-state index in [1.807, 2.05) is 33.0 Å². The summed E-state index contributed by atoms with van der Waals surface area (Å²) in [5.41, 5.74) is 3.98. The molecule has 0 spiro atoms. The van der Waals surface area contributed by atoms with Crippen molar-refractivity contribution in [3.05, 3.63) is 38.4 Å². The first-order chi connectivity index (χ1) is 9.43. The largest absolute Gasteiger partial charge is 0.481 e. The molecule has 0 amide bonds. The summed E-state index contributed by atoms with van der Waals surface area (Å²) in [5, 5.41) is 8.46. The third kappa shape index (κ3) is 2.94. The second-order valence-corrected chi connectivity index (χ2v) is 5.89. The second-order valence-electron chi connectivity index (χ2n) is 4.63. The summed E-state index contributed by atoms with van der Waals surface area (Å²) in [6, 6.07) is 3.91. The Morgan fingerprint density at radius 1 is 1.40 bits per heavy atom. The lowest BCUT2D eigenvalue weighted by Crippen LogP contribution is -2.03. The van der Waals surface area contributed by atoms with E-state index in [1.165, 1.54) is 0 Å². The van der Waals surface area contributed by atoms with Crippen LogP contribution in [0, 0.1) is 13.8 Å². The Morgan fingerprint density at radius 2 is 2.10 bits per heavy atom. The van der Waals surface area contributed by atoms with Crippen LogP contribution in [0.3, 0.4) is 0 Å². The maximum absolute atomic E-state index is 6.16. The zero-order valence-electron chi connectivity index (χ0n) is 11.9. The molecule has 0 aliphatic heterocycles. The molecule has 20 heavy (non-hydrogen) atoms. The molecule has 0 bridgehead atoms. The van der Waals surface area contributed by atoms with Gasteiger partial charge in [0.1, 0.15) is 0 Å². The number of benzene rings is 1. The first-order valence-electron chi connectivity index (χ1n) is 6.20. The van der Waals surface area contributed by atoms with Gasteiger partial charge in [0.25, 0.3) is 0 Å². The van der Waals surface area contributed by atoms with Gasteiger partial charge >= 0.3 is 0 Å². The van der Waals surface area contributed by atoms with Crippen molar-refractivity contribution in [2.45, 2.75) is 20.4 Å². The average Bonchev–Trinajstić information content (AvgIpc) is 2.66. The fourth-order valence-corrected chi connectivity index (χ4v) is 2.87. The summed E-state index contributed by atoms with van der Waals surface area (Å²) < 4.78 is 8.11. The molecule has 2 rings (SSSR count). The van der Waals surface area contributed by atoms with Crippen molar-refractivity contribution < 1.29 is 4.74 Å². The first kappa shape index (κ1) is 15.2. The number of aromatic nitrogens is 2. The van der Waals surface area contributed by atoms with Crippen molar-refractivity contribution in [1.82, 2.24) is 9.78 Å². The first-order valence-corrected chi connectivity index (χ1v) is 7.37. The number of halogens is 2. The number of hydrogen-bond acceptors (Lipinski definition) is 3. The van der Waals surface area contributed by atoms with Gasteiger partial charge in [-0.2, -0.15) is 5.10 Å². The second kappa shape index (κ2) is 6.06. The molecule has 0 aliphatic carbocycles. The maximum atomic E-state index is 6.16. The predicted octanol–water partition coefficient (Wildman–Crippen LogP) is 4.07. The Labute approximate surface area is 132 Å². The number of anilines is 1. The smallest absolute Gasteiger partial charge is 0.216 e. The number of nitrogens with one attached hydrogen (secondary N) is 1. The highest BCUT2D eigenvalue weighted by molar-refractivity contribution is 9.10. The minimum atomic E-state index is 0.626. The molecule has 1 aromatic carbocycles. The third-order valence-corrected chi connectivity index (χ3v) is 4.25. The van der Waals surface area contributed by atoms with Gasteiger partial charge in [0.2, 0.25) is 5.88 Å². The number of nitrogens with zero attached hydrogens (tertiary/aromatic N) is 2. The molecule has 4 nitrogen and oxygen atoms in total. The molecule has 0 fully saturated rings. The van der Waals surface area contributed by atoms with E-state index in [1.54, 1.807) is 11.8 Å². The molecule has 108 valence electrons. The number of rotatable bonds is 4. The summed E-state index contributed by atoms with van der Waals surface area (Å²) in [6.07, 6.45) is 0. The molecule has 0 atom stereocenters. The lowest BCUT2D eigenvalue weighted by molar-refractivity contribution is 0.370. The van der Waals surface area contributed by atoms with E-state index in [-0.39, 0.29) is 0 Å². The lowest BCUT2D eigenvalue weighted by atomic mass is 10.2. The van der Waals surface area contributed by atoms with Crippen LogP contribution in [0.2, 0.25) is 5.02 Å². The van der Waals surface area contributed by atoms with Crippen LogP contribution >= 0.6 is 27.5 Å². The predicted molar refractivity (Wildman–Crippen MR) is 85.7 cm³/mol. The summed E-state index contributed by atoms with van der Waals surface area (Å²) in [5.74, 6) is 0.768. The molecule has 0 unspecified atom stereocenters. The molecule has 0 saturated heterocycles. The molecule has 1 heterocycles. The molecule has 0 radical (unpaired) electrons. The molecule has 1 N–H and O–H groups in total. The van der Waals surface area contributed by atoms with Crippen LogP contribution in [0.4, 0.5) is 5.69 Å². The third-order valence-electron chi connectivity index (χ3n) is 3.19. The van der Waals surface area contributed by atoms with Crippen LogP contribution in [0.15, 0.2) is 16.6 Å². The Morgan fingerprint density at radius 3 is 2.75 bits per heavy atom. The summed E-state index contributed by atoms with van der Waals surface area (Å²) in [6.45, 7) is 4.57. The van der Waals surface area contributed by atoms with E-state index in [0.29, 0.717) is 6.54 Å². The fraction of sp³-hybridized carbons (Fsp3) is 0.357. The number of aryl methyl sites for hydroxylation is 3. The van der Waals surface area contributed by atoms with Crippen molar-refractivity contribution >= 4 is 33.2 Å². The van der Waals surface area contributed by atoms with E-state index in [4.69, 9.17) is 16.3 Å². The highest BCUT2D eigenvalue weighted by atomic mass is 79.9. The van der Waals surface area contributed by atoms with Crippen LogP contribution in [-0.4, -0.2) is 16.9 Å². The molecule has 0 aliphatic rings. The van der Waals surface area contributed by atoms with Crippen molar-refractivity contribution in [3.8, 4) is 5.88 Å². The van der Waals surface area contributed by atoms with Crippen LogP contribution in [-0.2, 0) is 13.6 Å². The molecular formula is C14H17BrClN3O. The highest BCUT2D eigenvalue weighted by Crippen LogP contribution is 2.30. The van der Waals surface area contributed by atoms with E-state index in [9.17, 15) is 0 Å². The molecule has 0 saturated carbocycles. The van der Waals surface area contributed by atoms with Crippen LogP contribution in [0.25, 0.3) is 0 Å². The van der Waals surface area contributed by atoms with Crippen molar-refractivity contribution in [2.75, 3.05) is 12.4 Å². The zero-order valence-corrected chi connectivity index (χ0v) is 14.3. The van der Waals surface area contributed by atoms with Gasteiger partial charge in [-0.15, -0.1) is 0 Å². The van der Waals surface area contributed by atoms with Crippen molar-refractivity contribution in [2.24, 2.45) is 7.05 Å². The molecule has 6 heteroatoms. The van der Waals surface area contributed by atoms with Gasteiger partial charge in [0.15, 0.2) is 0 Å². The Hall–Kier alpha value is -1.20. The highest BCUT2D eigenvalue weighted by Gasteiger charge is 2.14. The van der Waals surface area contributed by atoms with E-state index in [0.717, 1.165) is 37.9 Å². The van der Waals surface area contributed by atoms with Gasteiger partial charge in [-0.05, 0) is 47.5 Å². The van der Waals surface area contributed by atoms with Gasteiger partial charge in [-0.25, -0.2) is 4.68 Å². The van der Waals surface area contributed by atoms with Crippen LogP contribution in [0.5, 0.6) is 5.88 Å². The Balaban J connectivity index is 2.23. The van der Waals surface area contributed by atoms with Gasteiger partial charge in [-0.1, -0.05) is 11.6 Å². The summed E-state index contributed by atoms with van der Waals surface area (Å²) >= 11 is 9.70. The Bertz CT molecular complexity index is 640. The van der Waals surface area contributed by atoms with Gasteiger partial charge in [0.05, 0.1) is 24.1 Å². The molecule has 1 aromatic heterocycles. The van der Waals surface area contributed by atoms with Gasteiger partial charge in [-0.3, -0.25) is 0 Å². The van der Waals surface area contributed by atoms with Gasteiger partial charge < -0.3 is 10.1 Å². The minimum absolute atomic E-state index is 0.626. The lowest BCUT2D eigenvalue weighted by Gasteiger charge is -2.11. The quantitative estimate of drug-likeness (QED) is 0.895. The van der Waals surface area contributed by atoms with E-state index in [2.05, 4.69) is 26.3 Å². The summed E-state index contributed by atoms with van der Waals surface area (Å²) in [7, 11) is 3.52. The monoisotopic (exact) mass is 357 g/mol. The van der Waals surface area contributed by atoms with E-state index < -0.39 is 0 Å². The van der Waals surface area contributed by atoms with Crippen molar-refractivity contribution in [3.63, 3.8) is 0 Å². The minimum Gasteiger partial charge on any atom is -0.481 e. The standard InChI is InChI=1S/C14H17BrClN3O/c1-8-5-11(15)13(6-12(8)16)17-7-10-9(2)18-19(3)14(10)20-4/h5-6,17H,7H2,1-4H3.